The van der Waals surface area contributed by atoms with Crippen LogP contribution in [0.2, 0.25) is 0 Å². The molecule has 0 atom stereocenters. The number of benzene rings is 1. The van der Waals surface area contributed by atoms with Gasteiger partial charge in [0.25, 0.3) is 5.69 Å². The normalized spacial score (nSPS) is 10.6. The van der Waals surface area contributed by atoms with Crippen molar-refractivity contribution in [3.05, 3.63) is 32.9 Å². The van der Waals surface area contributed by atoms with Crippen LogP contribution in [0.25, 0.3) is 10.9 Å². The van der Waals surface area contributed by atoms with Crippen molar-refractivity contribution in [1.29, 1.82) is 0 Å². The third-order valence-electron chi connectivity index (χ3n) is 2.58. The minimum absolute atomic E-state index is 0.0984. The van der Waals surface area contributed by atoms with Gasteiger partial charge in [0.05, 0.1) is 10.4 Å². The van der Waals surface area contributed by atoms with E-state index in [1.54, 1.807) is 12.1 Å². The molecule has 0 aliphatic carbocycles. The number of nitrogens with one attached hydrogen (secondary N) is 1. The Labute approximate surface area is 117 Å². The number of aromatic nitrogens is 1. The Morgan fingerprint density at radius 1 is 1.53 bits per heavy atom. The first-order valence-electron chi connectivity index (χ1n) is 5.69. The molecule has 2 rings (SSSR count). The number of carbonyl (C=O) groups excluding carboxylic acids is 1. The van der Waals surface area contributed by atoms with Gasteiger partial charge in [-0.1, -0.05) is 13.0 Å². The van der Waals surface area contributed by atoms with Crippen molar-refractivity contribution in [1.82, 2.24) is 4.98 Å². The lowest BCUT2D eigenvalue weighted by Crippen LogP contribution is -2.07. The first-order valence-corrected chi connectivity index (χ1v) is 6.49. The summed E-state index contributed by atoms with van der Waals surface area (Å²) in [5.74, 6) is -0.247. The molecular weight excluding hydrogens is 316 g/mol. The van der Waals surface area contributed by atoms with Crippen LogP contribution in [0.5, 0.6) is 5.75 Å². The number of nitro benzene ring substituents is 1. The second-order valence-electron chi connectivity index (χ2n) is 3.95. The highest BCUT2D eigenvalue weighted by Crippen LogP contribution is 2.39. The Bertz CT molecular complexity index is 650. The average molecular weight is 327 g/mol. The standard InChI is InChI=1S/C12H11BrN2O4/c1-2-4-9(16)19-11-10-7(14-12(11)13)5-3-6-8(10)15(17)18/h3,5-6,14H,2,4H2,1H3. The van der Waals surface area contributed by atoms with Gasteiger partial charge >= 0.3 is 5.97 Å². The summed E-state index contributed by atoms with van der Waals surface area (Å²) in [6, 6.07) is 4.63. The molecule has 0 aliphatic heterocycles. The van der Waals surface area contributed by atoms with E-state index in [4.69, 9.17) is 4.74 Å². The topological polar surface area (TPSA) is 85.2 Å². The highest BCUT2D eigenvalue weighted by molar-refractivity contribution is 9.10. The van der Waals surface area contributed by atoms with Crippen LogP contribution in [0.1, 0.15) is 19.8 Å². The van der Waals surface area contributed by atoms with Gasteiger partial charge in [-0.15, -0.1) is 0 Å². The summed E-state index contributed by atoms with van der Waals surface area (Å²) >= 11 is 3.22. The lowest BCUT2D eigenvalue weighted by atomic mass is 10.2. The zero-order valence-electron chi connectivity index (χ0n) is 10.1. The maximum atomic E-state index is 11.6. The number of aromatic amines is 1. The number of ether oxygens (including phenoxy) is 1. The van der Waals surface area contributed by atoms with Gasteiger partial charge < -0.3 is 9.72 Å². The van der Waals surface area contributed by atoms with Crippen LogP contribution in [0.15, 0.2) is 22.8 Å². The smallest absolute Gasteiger partial charge is 0.311 e. The largest absolute Gasteiger partial charge is 0.423 e. The molecule has 0 bridgehead atoms. The lowest BCUT2D eigenvalue weighted by molar-refractivity contribution is -0.383. The molecule has 0 fully saturated rings. The van der Waals surface area contributed by atoms with Crippen molar-refractivity contribution >= 4 is 38.5 Å². The van der Waals surface area contributed by atoms with Crippen LogP contribution in [0.4, 0.5) is 5.69 Å². The van der Waals surface area contributed by atoms with Crippen LogP contribution in [0.3, 0.4) is 0 Å². The molecular formula is C12H11BrN2O4. The van der Waals surface area contributed by atoms with E-state index < -0.39 is 10.9 Å². The van der Waals surface area contributed by atoms with Gasteiger partial charge in [-0.25, -0.2) is 0 Å². The molecule has 1 aromatic carbocycles. The third-order valence-corrected chi connectivity index (χ3v) is 3.14. The molecule has 0 radical (unpaired) electrons. The quantitative estimate of drug-likeness (QED) is 0.529. The van der Waals surface area contributed by atoms with Crippen molar-refractivity contribution in [2.45, 2.75) is 19.8 Å². The Kier molecular flexibility index (Phi) is 3.84. The molecule has 0 unspecified atom stereocenters. The van der Waals surface area contributed by atoms with Crippen LogP contribution >= 0.6 is 15.9 Å². The number of hydrogen-bond acceptors (Lipinski definition) is 4. The van der Waals surface area contributed by atoms with Crippen molar-refractivity contribution in [2.24, 2.45) is 0 Å². The first kappa shape index (κ1) is 13.5. The number of nitrogens with zero attached hydrogens (tertiary/aromatic N) is 1. The number of hydrogen-bond donors (Lipinski definition) is 1. The number of rotatable bonds is 4. The molecule has 19 heavy (non-hydrogen) atoms. The Morgan fingerprint density at radius 3 is 2.89 bits per heavy atom. The molecule has 0 amide bonds. The summed E-state index contributed by atoms with van der Waals surface area (Å²) in [6.45, 7) is 1.86. The van der Waals surface area contributed by atoms with Crippen molar-refractivity contribution in [3.8, 4) is 5.75 Å². The van der Waals surface area contributed by atoms with Gasteiger partial charge in [0.2, 0.25) is 0 Å². The van der Waals surface area contributed by atoms with Gasteiger partial charge in [-0.2, -0.15) is 0 Å². The van der Waals surface area contributed by atoms with Gasteiger partial charge in [0, 0.05) is 12.5 Å². The van der Waals surface area contributed by atoms with E-state index in [9.17, 15) is 14.9 Å². The number of fused-ring (bicyclic) bond motifs is 1. The summed E-state index contributed by atoms with van der Waals surface area (Å²) in [5, 5.41) is 11.3. The summed E-state index contributed by atoms with van der Waals surface area (Å²) in [7, 11) is 0. The summed E-state index contributed by atoms with van der Waals surface area (Å²) in [4.78, 5) is 25.0. The van der Waals surface area contributed by atoms with Crippen LogP contribution in [0, 0.1) is 10.1 Å². The minimum Gasteiger partial charge on any atom is -0.423 e. The van der Waals surface area contributed by atoms with E-state index >= 15 is 0 Å². The van der Waals surface area contributed by atoms with Crippen LogP contribution < -0.4 is 4.74 Å². The summed E-state index contributed by atoms with van der Waals surface area (Å²) < 4.78 is 5.63. The lowest BCUT2D eigenvalue weighted by Gasteiger charge is -2.02. The average Bonchev–Trinajstić information content (AvgIpc) is 2.66. The molecule has 100 valence electrons. The molecule has 0 saturated heterocycles. The number of H-pyrrole nitrogens is 1. The fourth-order valence-electron chi connectivity index (χ4n) is 1.78. The zero-order chi connectivity index (χ0) is 14.0. The van der Waals surface area contributed by atoms with E-state index in [2.05, 4.69) is 20.9 Å². The molecule has 1 N–H and O–H groups in total. The van der Waals surface area contributed by atoms with Crippen LogP contribution in [-0.2, 0) is 4.79 Å². The highest BCUT2D eigenvalue weighted by atomic mass is 79.9. The predicted molar refractivity (Wildman–Crippen MR) is 73.2 cm³/mol. The first-order chi connectivity index (χ1) is 9.04. The Hall–Kier alpha value is -1.89. The maximum absolute atomic E-state index is 11.6. The Morgan fingerprint density at radius 2 is 2.26 bits per heavy atom. The third kappa shape index (κ3) is 2.60. The van der Waals surface area contributed by atoms with Crippen LogP contribution in [-0.4, -0.2) is 15.9 Å². The van der Waals surface area contributed by atoms with E-state index in [1.807, 2.05) is 6.92 Å². The van der Waals surface area contributed by atoms with Crippen molar-refractivity contribution in [2.75, 3.05) is 0 Å². The monoisotopic (exact) mass is 326 g/mol. The van der Waals surface area contributed by atoms with Gasteiger partial charge in [0.15, 0.2) is 5.75 Å². The molecule has 2 aromatic rings. The molecule has 0 aliphatic rings. The molecule has 0 spiro atoms. The van der Waals surface area contributed by atoms with E-state index in [-0.39, 0.29) is 17.9 Å². The fraction of sp³-hybridized carbons (Fsp3) is 0.250. The maximum Gasteiger partial charge on any atom is 0.311 e. The van der Waals surface area contributed by atoms with Crippen molar-refractivity contribution in [3.63, 3.8) is 0 Å². The van der Waals surface area contributed by atoms with Crippen molar-refractivity contribution < 1.29 is 14.5 Å². The Balaban J connectivity index is 2.56. The van der Waals surface area contributed by atoms with E-state index in [1.165, 1.54) is 6.07 Å². The second kappa shape index (κ2) is 5.40. The zero-order valence-corrected chi connectivity index (χ0v) is 11.7. The summed E-state index contributed by atoms with van der Waals surface area (Å²) in [6.07, 6.45) is 0.917. The van der Waals surface area contributed by atoms with E-state index in [0.29, 0.717) is 21.9 Å². The molecule has 7 heteroatoms. The number of non-ortho nitro benzene ring substituents is 1. The minimum atomic E-state index is -0.500. The highest BCUT2D eigenvalue weighted by Gasteiger charge is 2.22. The number of nitro groups is 1. The summed E-state index contributed by atoms with van der Waals surface area (Å²) in [5.41, 5.74) is 0.444. The van der Waals surface area contributed by atoms with Gasteiger partial charge in [0.1, 0.15) is 9.99 Å². The fourth-order valence-corrected chi connectivity index (χ4v) is 2.28. The molecule has 1 heterocycles. The number of halogens is 1. The second-order valence-corrected chi connectivity index (χ2v) is 4.74. The predicted octanol–water partition coefficient (Wildman–Crippen LogP) is 3.54. The van der Waals surface area contributed by atoms with Gasteiger partial charge in [-0.3, -0.25) is 14.9 Å². The number of esters is 1. The SMILES string of the molecule is CCCC(=O)Oc1c(Br)[nH]c2cccc([N+](=O)[O-])c12. The van der Waals surface area contributed by atoms with Gasteiger partial charge in [-0.05, 0) is 28.4 Å². The molecule has 6 nitrogen and oxygen atoms in total. The molecule has 0 saturated carbocycles. The molecule has 1 aromatic heterocycles. The number of carbonyl (C=O) groups is 1. The van der Waals surface area contributed by atoms with E-state index in [0.717, 1.165) is 0 Å².